The molecule has 0 amide bonds. The molecule has 2 aromatic rings. The van der Waals surface area contributed by atoms with Crippen LogP contribution in [0.25, 0.3) is 0 Å². The largest absolute Gasteiger partial charge is 0.481 e. The molecule has 1 aliphatic rings. The maximum absolute atomic E-state index is 13.7. The van der Waals surface area contributed by atoms with Gasteiger partial charge >= 0.3 is 11.9 Å². The van der Waals surface area contributed by atoms with E-state index in [0.717, 1.165) is 55.3 Å². The first-order valence-electron chi connectivity index (χ1n) is 20.0. The van der Waals surface area contributed by atoms with Crippen molar-refractivity contribution in [2.45, 2.75) is 154 Å². The smallest absolute Gasteiger partial charge is 0.339 e. The zero-order valence-corrected chi connectivity index (χ0v) is 34.7. The Hall–Kier alpha value is -2.82. The van der Waals surface area contributed by atoms with Crippen LogP contribution in [0.1, 0.15) is 132 Å². The fourth-order valence-electron chi connectivity index (χ4n) is 7.47. The average molecular weight is 753 g/mol. The molecule has 53 heavy (non-hydrogen) atoms. The van der Waals surface area contributed by atoms with E-state index < -0.39 is 43.2 Å². The molecule has 3 rings (SSSR count). The van der Waals surface area contributed by atoms with E-state index >= 15 is 0 Å². The van der Waals surface area contributed by atoms with Crippen LogP contribution in [0.3, 0.4) is 0 Å². The summed E-state index contributed by atoms with van der Waals surface area (Å²) in [4.78, 5) is 26.5. The van der Waals surface area contributed by atoms with Crippen LogP contribution < -0.4 is 10.4 Å². The van der Waals surface area contributed by atoms with Crippen molar-refractivity contribution in [3.05, 3.63) is 72.8 Å². The number of rotatable bonds is 23. The lowest BCUT2D eigenvalue weighted by Gasteiger charge is -2.43. The van der Waals surface area contributed by atoms with Gasteiger partial charge in [0.15, 0.2) is 11.4 Å². The molecular weight excluding hydrogens is 685 g/mol. The van der Waals surface area contributed by atoms with Crippen LogP contribution in [0.15, 0.2) is 72.8 Å². The van der Waals surface area contributed by atoms with Crippen LogP contribution in [0.4, 0.5) is 0 Å². The third-order valence-electron chi connectivity index (χ3n) is 10.2. The van der Waals surface area contributed by atoms with Gasteiger partial charge in [-0.15, -0.1) is 0 Å². The first-order valence-corrected chi connectivity index (χ1v) is 21.9. The molecule has 2 N–H and O–H groups in total. The minimum absolute atomic E-state index is 0.0473. The molecule has 0 radical (unpaired) electrons. The van der Waals surface area contributed by atoms with Gasteiger partial charge in [0, 0.05) is 25.9 Å². The number of benzene rings is 2. The Bertz CT molecular complexity index is 1350. The molecule has 9 heteroatoms. The number of esters is 1. The molecule has 1 saturated heterocycles. The van der Waals surface area contributed by atoms with Crippen molar-refractivity contribution in [2.24, 2.45) is 5.92 Å². The third-order valence-corrected chi connectivity index (χ3v) is 15.3. The van der Waals surface area contributed by atoms with Crippen LogP contribution in [0.5, 0.6) is 0 Å². The number of carbonyl (C=O) groups excluding carboxylic acids is 1. The number of carboxylic acid groups (broad SMARTS) is 1. The number of allylic oxidation sites excluding steroid dienone is 1. The molecule has 1 fully saturated rings. The summed E-state index contributed by atoms with van der Waals surface area (Å²) in [6, 6.07) is 20.2. The summed E-state index contributed by atoms with van der Waals surface area (Å²) in [6.45, 7) is 15.0. The Morgan fingerprint density at radius 2 is 1.32 bits per heavy atom. The van der Waals surface area contributed by atoms with E-state index in [9.17, 15) is 19.8 Å². The summed E-state index contributed by atoms with van der Waals surface area (Å²) in [5.74, 6) is -4.22. The standard InChI is InChI=1S/C44H68O8Si/c1-8-9-10-14-23-30-43(49-34-35-50-43)31-24-15-12-11-13-22-29-38(39(45)46)44(48,40(47)52-41(2,3)4)32-33-51-53(42(5,6)7,36-25-18-16-19-26-36)37-27-20-17-21-28-37/h16-22,25-29,38,48H,8-15,23-24,30-35H2,1-7H3,(H,45,46)/t38-,44+/m1/s1. The van der Waals surface area contributed by atoms with Crippen molar-refractivity contribution in [3.8, 4) is 0 Å². The Labute approximate surface area is 320 Å². The van der Waals surface area contributed by atoms with E-state index in [1.54, 1.807) is 26.8 Å². The number of ether oxygens (including phenoxy) is 3. The van der Waals surface area contributed by atoms with Gasteiger partial charge in [0.05, 0.1) is 13.2 Å². The van der Waals surface area contributed by atoms with E-state index in [-0.39, 0.29) is 18.1 Å². The normalized spacial score (nSPS) is 16.8. The Balaban J connectivity index is 1.70. The van der Waals surface area contributed by atoms with Gasteiger partial charge < -0.3 is 28.8 Å². The lowest BCUT2D eigenvalue weighted by molar-refractivity contribution is -0.187. The SMILES string of the molecule is CCCCCCCC1(CCCCCCC=C[C@H](C(=O)O)[C@@](O)(CCO[Si](c2ccccc2)(c2ccccc2)C(C)(C)C)C(=O)OC(C)(C)C)OCCO1. The summed E-state index contributed by atoms with van der Waals surface area (Å²) in [6.07, 6.45) is 15.4. The van der Waals surface area contributed by atoms with Crippen molar-refractivity contribution in [3.63, 3.8) is 0 Å². The molecule has 0 aliphatic carbocycles. The van der Waals surface area contributed by atoms with E-state index in [4.69, 9.17) is 18.6 Å². The second-order valence-electron chi connectivity index (χ2n) is 16.7. The fourth-order valence-corrected chi connectivity index (χ4v) is 12.0. The van der Waals surface area contributed by atoms with Gasteiger partial charge in [-0.05, 0) is 61.9 Å². The van der Waals surface area contributed by atoms with Crippen LogP contribution in [0, 0.1) is 5.92 Å². The van der Waals surface area contributed by atoms with E-state index in [1.807, 2.05) is 36.4 Å². The number of hydrogen-bond acceptors (Lipinski definition) is 7. The highest BCUT2D eigenvalue weighted by molar-refractivity contribution is 6.99. The molecule has 0 unspecified atom stereocenters. The Kier molecular flexibility index (Phi) is 17.4. The maximum Gasteiger partial charge on any atom is 0.339 e. The highest BCUT2D eigenvalue weighted by atomic mass is 28.4. The highest BCUT2D eigenvalue weighted by Gasteiger charge is 2.53. The predicted molar refractivity (Wildman–Crippen MR) is 215 cm³/mol. The molecule has 2 atom stereocenters. The van der Waals surface area contributed by atoms with Crippen LogP contribution in [-0.2, 0) is 28.2 Å². The molecule has 1 aliphatic heterocycles. The van der Waals surface area contributed by atoms with Gasteiger partial charge in [0.2, 0.25) is 0 Å². The van der Waals surface area contributed by atoms with E-state index in [0.29, 0.717) is 19.6 Å². The van der Waals surface area contributed by atoms with Crippen molar-refractivity contribution in [1.29, 1.82) is 0 Å². The molecular formula is C44H68O8Si. The minimum atomic E-state index is -3.01. The van der Waals surface area contributed by atoms with E-state index in [1.165, 1.54) is 31.8 Å². The molecule has 1 heterocycles. The summed E-state index contributed by atoms with van der Waals surface area (Å²) in [5, 5.41) is 24.3. The number of carboxylic acids is 1. The second kappa shape index (κ2) is 20.7. The number of aliphatic hydroxyl groups is 1. The number of hydrogen-bond donors (Lipinski definition) is 2. The summed E-state index contributed by atoms with van der Waals surface area (Å²) < 4.78 is 24.8. The zero-order valence-electron chi connectivity index (χ0n) is 33.7. The quantitative estimate of drug-likeness (QED) is 0.0502. The van der Waals surface area contributed by atoms with Gasteiger partial charge in [-0.25, -0.2) is 4.79 Å². The van der Waals surface area contributed by atoms with Crippen molar-refractivity contribution >= 4 is 30.6 Å². The predicted octanol–water partition coefficient (Wildman–Crippen LogP) is 8.73. The van der Waals surface area contributed by atoms with Crippen molar-refractivity contribution in [2.75, 3.05) is 19.8 Å². The second-order valence-corrected chi connectivity index (χ2v) is 21.0. The molecule has 0 saturated carbocycles. The summed E-state index contributed by atoms with van der Waals surface area (Å²) in [7, 11) is -3.01. The minimum Gasteiger partial charge on any atom is -0.481 e. The van der Waals surface area contributed by atoms with Crippen molar-refractivity contribution in [1.82, 2.24) is 0 Å². The molecule has 296 valence electrons. The number of unbranched alkanes of at least 4 members (excludes halogenated alkanes) is 8. The molecule has 0 aromatic heterocycles. The first-order chi connectivity index (χ1) is 25.1. The first kappa shape index (κ1) is 44.6. The number of carbonyl (C=O) groups is 2. The zero-order chi connectivity index (χ0) is 39.0. The van der Waals surface area contributed by atoms with Gasteiger partial charge in [-0.3, -0.25) is 4.79 Å². The van der Waals surface area contributed by atoms with Gasteiger partial charge in [-0.2, -0.15) is 0 Å². The lowest BCUT2D eigenvalue weighted by Crippen LogP contribution is -2.67. The average Bonchev–Trinajstić information content (AvgIpc) is 3.57. The maximum atomic E-state index is 13.7. The van der Waals surface area contributed by atoms with Gasteiger partial charge in [0.25, 0.3) is 8.32 Å². The topological polar surface area (TPSA) is 112 Å². The Morgan fingerprint density at radius 3 is 1.79 bits per heavy atom. The summed E-state index contributed by atoms with van der Waals surface area (Å²) in [5.41, 5.74) is -3.29. The Morgan fingerprint density at radius 1 is 0.811 bits per heavy atom. The molecule has 0 bridgehead atoms. The summed E-state index contributed by atoms with van der Waals surface area (Å²) >= 11 is 0. The molecule has 0 spiro atoms. The highest BCUT2D eigenvalue weighted by Crippen LogP contribution is 2.38. The molecule has 8 nitrogen and oxygen atoms in total. The van der Waals surface area contributed by atoms with Crippen LogP contribution in [0.2, 0.25) is 5.04 Å². The van der Waals surface area contributed by atoms with Crippen LogP contribution in [-0.4, -0.2) is 67.3 Å². The van der Waals surface area contributed by atoms with Crippen LogP contribution >= 0.6 is 0 Å². The van der Waals surface area contributed by atoms with Crippen molar-refractivity contribution < 1.29 is 38.4 Å². The lowest BCUT2D eigenvalue weighted by atomic mass is 9.83. The molecule has 2 aromatic carbocycles. The monoisotopic (exact) mass is 752 g/mol. The van der Waals surface area contributed by atoms with E-state index in [2.05, 4.69) is 52.0 Å². The number of aliphatic carboxylic acids is 1. The third kappa shape index (κ3) is 12.9. The van der Waals surface area contributed by atoms with Gasteiger partial charge in [0.1, 0.15) is 11.5 Å². The fraction of sp³-hybridized carbons (Fsp3) is 0.636. The van der Waals surface area contributed by atoms with Gasteiger partial charge in [-0.1, -0.05) is 139 Å².